The van der Waals surface area contributed by atoms with Crippen molar-refractivity contribution in [1.29, 1.82) is 0 Å². The van der Waals surface area contributed by atoms with E-state index >= 15 is 0 Å². The van der Waals surface area contributed by atoms with E-state index in [-0.39, 0.29) is 0 Å². The van der Waals surface area contributed by atoms with E-state index in [0.717, 1.165) is 31.1 Å². The zero-order chi connectivity index (χ0) is 12.6. The predicted molar refractivity (Wildman–Crippen MR) is 76.8 cm³/mol. The van der Waals surface area contributed by atoms with Crippen molar-refractivity contribution in [3.05, 3.63) is 0 Å². The summed E-state index contributed by atoms with van der Waals surface area (Å²) in [5.41, 5.74) is 0. The minimum Gasteiger partial charge on any atom is -0.381 e. The van der Waals surface area contributed by atoms with Crippen molar-refractivity contribution in [1.82, 2.24) is 5.32 Å². The molecule has 0 radical (unpaired) electrons. The van der Waals surface area contributed by atoms with Crippen LogP contribution in [0, 0.1) is 11.8 Å². The van der Waals surface area contributed by atoms with Crippen molar-refractivity contribution in [2.45, 2.75) is 70.8 Å². The first-order valence-corrected chi connectivity index (χ1v) is 8.19. The van der Waals surface area contributed by atoms with Gasteiger partial charge in [0.1, 0.15) is 0 Å². The number of ether oxygens (including phenoxy) is 1. The summed E-state index contributed by atoms with van der Waals surface area (Å²) in [6.07, 6.45) is 12.7. The summed E-state index contributed by atoms with van der Waals surface area (Å²) in [7, 11) is 0. The molecule has 0 bridgehead atoms. The van der Waals surface area contributed by atoms with Crippen LogP contribution in [-0.4, -0.2) is 25.8 Å². The van der Waals surface area contributed by atoms with Crippen molar-refractivity contribution < 1.29 is 4.74 Å². The predicted octanol–water partition coefficient (Wildman–Crippen LogP) is 3.75. The summed E-state index contributed by atoms with van der Waals surface area (Å²) in [4.78, 5) is 0. The van der Waals surface area contributed by atoms with Crippen LogP contribution in [0.4, 0.5) is 0 Å². The fraction of sp³-hybridized carbons (Fsp3) is 1.00. The molecular formula is C16H31NO. The van der Waals surface area contributed by atoms with Crippen LogP contribution in [0.25, 0.3) is 0 Å². The summed E-state index contributed by atoms with van der Waals surface area (Å²) < 4.78 is 5.52. The molecule has 0 aromatic carbocycles. The lowest BCUT2D eigenvalue weighted by Crippen LogP contribution is -2.34. The van der Waals surface area contributed by atoms with Gasteiger partial charge in [0.05, 0.1) is 0 Å². The topological polar surface area (TPSA) is 21.3 Å². The zero-order valence-corrected chi connectivity index (χ0v) is 12.1. The van der Waals surface area contributed by atoms with Crippen LogP contribution >= 0.6 is 0 Å². The molecule has 2 rings (SSSR count). The van der Waals surface area contributed by atoms with Crippen LogP contribution in [0.5, 0.6) is 0 Å². The monoisotopic (exact) mass is 253 g/mol. The van der Waals surface area contributed by atoms with E-state index in [4.69, 9.17) is 4.74 Å². The fourth-order valence-corrected chi connectivity index (χ4v) is 3.61. The van der Waals surface area contributed by atoms with Gasteiger partial charge in [0.25, 0.3) is 0 Å². The number of nitrogens with one attached hydrogen (secondary N) is 1. The van der Waals surface area contributed by atoms with Gasteiger partial charge < -0.3 is 10.1 Å². The molecule has 2 heteroatoms. The van der Waals surface area contributed by atoms with E-state index in [0.29, 0.717) is 0 Å². The summed E-state index contributed by atoms with van der Waals surface area (Å²) in [6.45, 7) is 5.46. The highest BCUT2D eigenvalue weighted by Crippen LogP contribution is 2.29. The van der Waals surface area contributed by atoms with Gasteiger partial charge in [-0.25, -0.2) is 0 Å². The third kappa shape index (κ3) is 4.89. The van der Waals surface area contributed by atoms with Crippen LogP contribution < -0.4 is 5.32 Å². The van der Waals surface area contributed by atoms with Crippen molar-refractivity contribution >= 4 is 0 Å². The summed E-state index contributed by atoms with van der Waals surface area (Å²) in [6, 6.07) is 0.750. The number of hydrogen-bond acceptors (Lipinski definition) is 2. The Hall–Kier alpha value is -0.0800. The molecule has 1 saturated heterocycles. The van der Waals surface area contributed by atoms with E-state index in [1.54, 1.807) is 0 Å². The van der Waals surface area contributed by atoms with Gasteiger partial charge in [0.2, 0.25) is 0 Å². The smallest absolute Gasteiger partial charge is 0.0495 e. The van der Waals surface area contributed by atoms with Crippen LogP contribution in [0.1, 0.15) is 64.7 Å². The Kier molecular flexibility index (Phi) is 6.50. The standard InChI is InChI=1S/C16H31NO/c1-2-9-17-16(12-15-8-10-18-13-15)11-14-6-4-3-5-7-14/h14-17H,2-13H2,1H3. The van der Waals surface area contributed by atoms with E-state index < -0.39 is 0 Å². The average molecular weight is 253 g/mol. The highest BCUT2D eigenvalue weighted by Gasteiger charge is 2.23. The SMILES string of the molecule is CCCNC(CC1CCCCC1)CC1CCOC1. The molecule has 2 unspecified atom stereocenters. The first-order valence-electron chi connectivity index (χ1n) is 8.19. The van der Waals surface area contributed by atoms with Gasteiger partial charge in [-0.2, -0.15) is 0 Å². The number of rotatable bonds is 7. The molecule has 106 valence electrons. The van der Waals surface area contributed by atoms with Crippen molar-refractivity contribution in [3.8, 4) is 0 Å². The van der Waals surface area contributed by atoms with E-state index in [9.17, 15) is 0 Å². The quantitative estimate of drug-likeness (QED) is 0.746. The molecule has 0 amide bonds. The maximum absolute atomic E-state index is 5.52. The molecule has 18 heavy (non-hydrogen) atoms. The molecule has 0 aromatic heterocycles. The van der Waals surface area contributed by atoms with E-state index in [2.05, 4.69) is 12.2 Å². The fourth-order valence-electron chi connectivity index (χ4n) is 3.61. The molecule has 2 atom stereocenters. The summed E-state index contributed by atoms with van der Waals surface area (Å²) >= 11 is 0. The molecule has 1 heterocycles. The lowest BCUT2D eigenvalue weighted by Gasteiger charge is -2.28. The van der Waals surface area contributed by atoms with Gasteiger partial charge in [0.15, 0.2) is 0 Å². The Labute approximate surface area is 113 Å². The first-order chi connectivity index (χ1) is 8.88. The summed E-state index contributed by atoms with van der Waals surface area (Å²) in [5, 5.41) is 3.79. The Morgan fingerprint density at radius 2 is 1.83 bits per heavy atom. The maximum Gasteiger partial charge on any atom is 0.0495 e. The molecule has 2 fully saturated rings. The van der Waals surface area contributed by atoms with Gasteiger partial charge >= 0.3 is 0 Å². The second-order valence-corrected chi connectivity index (χ2v) is 6.36. The summed E-state index contributed by atoms with van der Waals surface area (Å²) in [5.74, 6) is 1.82. The lowest BCUT2D eigenvalue weighted by molar-refractivity contribution is 0.178. The maximum atomic E-state index is 5.52. The average Bonchev–Trinajstić information content (AvgIpc) is 2.90. The molecule has 0 aromatic rings. The number of hydrogen-bond donors (Lipinski definition) is 1. The molecule has 1 aliphatic carbocycles. The second kappa shape index (κ2) is 8.16. The highest BCUT2D eigenvalue weighted by molar-refractivity contribution is 4.78. The van der Waals surface area contributed by atoms with E-state index in [1.165, 1.54) is 64.3 Å². The molecule has 2 nitrogen and oxygen atoms in total. The van der Waals surface area contributed by atoms with Crippen LogP contribution in [-0.2, 0) is 4.74 Å². The third-order valence-electron chi connectivity index (χ3n) is 4.67. The van der Waals surface area contributed by atoms with Crippen LogP contribution in [0.15, 0.2) is 0 Å². The molecular weight excluding hydrogens is 222 g/mol. The Morgan fingerprint density at radius 1 is 1.06 bits per heavy atom. The van der Waals surface area contributed by atoms with Gasteiger partial charge in [-0.15, -0.1) is 0 Å². The minimum absolute atomic E-state index is 0.750. The second-order valence-electron chi connectivity index (χ2n) is 6.36. The van der Waals surface area contributed by atoms with E-state index in [1.807, 2.05) is 0 Å². The Morgan fingerprint density at radius 3 is 2.50 bits per heavy atom. The van der Waals surface area contributed by atoms with Crippen molar-refractivity contribution in [3.63, 3.8) is 0 Å². The molecule has 0 spiro atoms. The molecule has 1 saturated carbocycles. The van der Waals surface area contributed by atoms with Gasteiger partial charge in [-0.1, -0.05) is 39.0 Å². The van der Waals surface area contributed by atoms with Crippen molar-refractivity contribution in [2.24, 2.45) is 11.8 Å². The van der Waals surface area contributed by atoms with Crippen LogP contribution in [0.3, 0.4) is 0 Å². The molecule has 1 aliphatic heterocycles. The third-order valence-corrected chi connectivity index (χ3v) is 4.67. The molecule has 2 aliphatic rings. The zero-order valence-electron chi connectivity index (χ0n) is 12.1. The lowest BCUT2D eigenvalue weighted by atomic mass is 9.82. The van der Waals surface area contributed by atoms with Crippen molar-refractivity contribution in [2.75, 3.05) is 19.8 Å². The normalized spacial score (nSPS) is 27.5. The Balaban J connectivity index is 1.74. The van der Waals surface area contributed by atoms with Crippen LogP contribution in [0.2, 0.25) is 0 Å². The van der Waals surface area contributed by atoms with Gasteiger partial charge in [-0.05, 0) is 44.1 Å². The first kappa shape index (κ1) is 14.3. The largest absolute Gasteiger partial charge is 0.381 e. The molecule has 1 N–H and O–H groups in total. The highest BCUT2D eigenvalue weighted by atomic mass is 16.5. The van der Waals surface area contributed by atoms with Gasteiger partial charge in [0, 0.05) is 19.3 Å². The minimum atomic E-state index is 0.750. The Bertz CT molecular complexity index is 207. The van der Waals surface area contributed by atoms with Gasteiger partial charge in [-0.3, -0.25) is 0 Å².